The summed E-state index contributed by atoms with van der Waals surface area (Å²) in [6.07, 6.45) is 0. The van der Waals surface area contributed by atoms with E-state index in [0.717, 1.165) is 0 Å². The molecule has 0 aliphatic carbocycles. The fourth-order valence-corrected chi connectivity index (χ4v) is 0. The molecule has 0 N–H and O–H groups in total. The van der Waals surface area contributed by atoms with E-state index >= 15 is 0 Å². The first-order valence-electron chi connectivity index (χ1n) is 0. The quantitative estimate of drug-likeness (QED) is 0.367. The van der Waals surface area contributed by atoms with E-state index < -0.39 is 0 Å². The van der Waals surface area contributed by atoms with Crippen molar-refractivity contribution in [3.8, 4) is 0 Å². The molecule has 0 fully saturated rings. The maximum absolute atomic E-state index is 0. The molecule has 6 heteroatoms. The van der Waals surface area contributed by atoms with Gasteiger partial charge in [-0.25, -0.2) is 0 Å². The standard InChI is InChI=1S/2Eu.4FH/h;;4*1H/q2*+3;;;;/p-4. The van der Waals surface area contributed by atoms with Gasteiger partial charge in [-0.15, -0.1) is 0 Å². The van der Waals surface area contributed by atoms with Gasteiger partial charge >= 0.3 is 98.8 Å². The smallest absolute Gasteiger partial charge is 1.00 e. The van der Waals surface area contributed by atoms with E-state index in [1.165, 1.54) is 0 Å². The minimum absolute atomic E-state index is 0. The molecule has 0 aromatic carbocycles. The van der Waals surface area contributed by atoms with Gasteiger partial charge in [-0.05, 0) is 0 Å². The predicted molar refractivity (Wildman–Crippen MR) is 0 cm³/mol. The van der Waals surface area contributed by atoms with Gasteiger partial charge in [-0.1, -0.05) is 0 Å². The summed E-state index contributed by atoms with van der Waals surface area (Å²) in [6, 6.07) is 0. The molecule has 0 amide bonds. The van der Waals surface area contributed by atoms with Crippen molar-refractivity contribution in [1.29, 1.82) is 0 Å². The largest absolute Gasteiger partial charge is 3.00 e. The van der Waals surface area contributed by atoms with Gasteiger partial charge < -0.3 is 18.8 Å². The molecule has 0 saturated carbocycles. The van der Waals surface area contributed by atoms with Gasteiger partial charge in [-0.2, -0.15) is 0 Å². The van der Waals surface area contributed by atoms with Crippen LogP contribution in [-0.2, 0) is 0 Å². The zero-order valence-corrected chi connectivity index (χ0v) is 7.12. The summed E-state index contributed by atoms with van der Waals surface area (Å²) in [7, 11) is 0. The second-order valence-corrected chi connectivity index (χ2v) is 0. The maximum Gasteiger partial charge on any atom is 3.00 e. The Hall–Kier alpha value is 2.89. The molecule has 0 saturated heterocycles. The Morgan fingerprint density at radius 1 is 0.333 bits per heavy atom. The molecule has 0 atom stereocenters. The van der Waals surface area contributed by atoms with Crippen LogP contribution in [0.3, 0.4) is 0 Å². The van der Waals surface area contributed by atoms with Crippen LogP contribution in [0.25, 0.3) is 0 Å². The Balaban J connectivity index is 0. The van der Waals surface area contributed by atoms with E-state index in [1.54, 1.807) is 0 Å². The third-order valence-electron chi connectivity index (χ3n) is 0. The van der Waals surface area contributed by atoms with Crippen molar-refractivity contribution in [2.75, 3.05) is 0 Å². The first-order chi connectivity index (χ1) is 0. The zero-order valence-electron chi connectivity index (χ0n) is 2.27. The van der Waals surface area contributed by atoms with Crippen molar-refractivity contribution in [1.82, 2.24) is 0 Å². The van der Waals surface area contributed by atoms with Crippen LogP contribution in [0.5, 0.6) is 0 Å². The van der Waals surface area contributed by atoms with Gasteiger partial charge in [0.1, 0.15) is 0 Å². The zero-order chi connectivity index (χ0) is 0. The molecule has 0 aliphatic heterocycles. The van der Waals surface area contributed by atoms with Crippen LogP contribution in [0, 0.1) is 98.8 Å². The van der Waals surface area contributed by atoms with E-state index in [1.807, 2.05) is 0 Å². The summed E-state index contributed by atoms with van der Waals surface area (Å²) in [4.78, 5) is 0. The number of rotatable bonds is 0. The molecular weight excluding hydrogens is 380 g/mol. The molecule has 0 rings (SSSR count). The van der Waals surface area contributed by atoms with Crippen LogP contribution in [0.15, 0.2) is 0 Å². The van der Waals surface area contributed by atoms with Crippen LogP contribution < -0.4 is 18.8 Å². The predicted octanol–water partition coefficient (Wildman–Crippen LogP) is -12.0. The molecule has 0 aromatic heterocycles. The first kappa shape index (κ1) is 66.3. The second-order valence-electron chi connectivity index (χ2n) is 0. The van der Waals surface area contributed by atoms with Crippen molar-refractivity contribution in [3.63, 3.8) is 0 Å². The van der Waals surface area contributed by atoms with Crippen molar-refractivity contribution in [2.24, 2.45) is 0 Å². The molecule has 0 bridgehead atoms. The monoisotopic (exact) mass is 382 g/mol. The van der Waals surface area contributed by atoms with E-state index in [0.29, 0.717) is 0 Å². The minimum Gasteiger partial charge on any atom is -1.00 e. The third-order valence-corrected chi connectivity index (χ3v) is 0. The SMILES string of the molecule is [Eu+3].[Eu+3].[F-].[F-].[F-].[F-]. The Labute approximate surface area is 114 Å². The molecule has 6 heavy (non-hydrogen) atoms. The molecule has 0 aliphatic rings. The van der Waals surface area contributed by atoms with Crippen molar-refractivity contribution in [2.45, 2.75) is 0 Å². The Kier molecular flexibility index (Phi) is 496. The summed E-state index contributed by atoms with van der Waals surface area (Å²) in [5.74, 6) is 0. The van der Waals surface area contributed by atoms with Gasteiger partial charge in [0.15, 0.2) is 0 Å². The fourth-order valence-electron chi connectivity index (χ4n) is 0. The van der Waals surface area contributed by atoms with E-state index in [4.69, 9.17) is 0 Å². The van der Waals surface area contributed by atoms with E-state index in [2.05, 4.69) is 0 Å². The van der Waals surface area contributed by atoms with Crippen LogP contribution >= 0.6 is 0 Å². The van der Waals surface area contributed by atoms with Gasteiger partial charge in [0, 0.05) is 0 Å². The summed E-state index contributed by atoms with van der Waals surface area (Å²) in [5.41, 5.74) is 0. The molecule has 0 nitrogen and oxygen atoms in total. The Morgan fingerprint density at radius 2 is 0.333 bits per heavy atom. The summed E-state index contributed by atoms with van der Waals surface area (Å²) in [6.45, 7) is 0. The Morgan fingerprint density at radius 3 is 0.333 bits per heavy atom. The summed E-state index contributed by atoms with van der Waals surface area (Å²) < 4.78 is 0. The molecule has 40 valence electrons. The van der Waals surface area contributed by atoms with E-state index in [-0.39, 0.29) is 118 Å². The fraction of sp³-hybridized carbons (Fsp3) is 0. The van der Waals surface area contributed by atoms with Gasteiger partial charge in [0.2, 0.25) is 0 Å². The summed E-state index contributed by atoms with van der Waals surface area (Å²) >= 11 is 0. The average Bonchev–Trinajstić information content (AvgIpc) is 0. The van der Waals surface area contributed by atoms with Crippen LogP contribution in [0.2, 0.25) is 0 Å². The third kappa shape index (κ3) is 28.6. The van der Waals surface area contributed by atoms with Crippen molar-refractivity contribution in [3.05, 3.63) is 0 Å². The normalized spacial score (nSPS) is 0. The molecule has 0 heterocycles. The molecule has 0 aromatic rings. The van der Waals surface area contributed by atoms with Crippen LogP contribution in [0.1, 0.15) is 0 Å². The van der Waals surface area contributed by atoms with Crippen LogP contribution in [0.4, 0.5) is 0 Å². The number of halogens is 4. The van der Waals surface area contributed by atoms with Gasteiger partial charge in [0.25, 0.3) is 0 Å². The first-order valence-corrected chi connectivity index (χ1v) is 0. The molecule has 0 spiro atoms. The van der Waals surface area contributed by atoms with Crippen LogP contribution in [-0.4, -0.2) is 0 Å². The van der Waals surface area contributed by atoms with E-state index in [9.17, 15) is 0 Å². The molecule has 0 radical (unpaired) electrons. The Bertz CT molecular complexity index is 5.51. The van der Waals surface area contributed by atoms with Gasteiger partial charge in [-0.3, -0.25) is 0 Å². The summed E-state index contributed by atoms with van der Waals surface area (Å²) in [5, 5.41) is 0. The molecule has 0 unspecified atom stereocenters. The van der Waals surface area contributed by atoms with Crippen molar-refractivity contribution < 1.29 is 118 Å². The number of hydrogen-bond donors (Lipinski definition) is 0. The van der Waals surface area contributed by atoms with Crippen molar-refractivity contribution >= 4 is 0 Å². The number of hydrogen-bond acceptors (Lipinski definition) is 0. The molecular formula is Eu2F4+2. The van der Waals surface area contributed by atoms with Gasteiger partial charge in [0.05, 0.1) is 0 Å². The second kappa shape index (κ2) is 44.9. The topological polar surface area (TPSA) is 0 Å². The maximum atomic E-state index is 0. The average molecular weight is 380 g/mol. The minimum atomic E-state index is 0.